The van der Waals surface area contributed by atoms with E-state index in [1.807, 2.05) is 0 Å². The van der Waals surface area contributed by atoms with Crippen LogP contribution in [0.4, 0.5) is 11.4 Å². The molecule has 0 radical (unpaired) electrons. The highest BCUT2D eigenvalue weighted by atomic mass is 35.5. The lowest BCUT2D eigenvalue weighted by atomic mass is 10.2. The highest BCUT2D eigenvalue weighted by Gasteiger charge is 2.21. The summed E-state index contributed by atoms with van der Waals surface area (Å²) < 4.78 is 32.6. The van der Waals surface area contributed by atoms with Gasteiger partial charge in [-0.25, -0.2) is 8.42 Å². The molecule has 0 saturated carbocycles. The fourth-order valence-electron chi connectivity index (χ4n) is 1.82. The molecule has 2 rings (SSSR count). The summed E-state index contributed by atoms with van der Waals surface area (Å²) in [7, 11) is -2.43. The number of nitrogen functional groups attached to an aromatic ring is 1. The predicted molar refractivity (Wildman–Crippen MR) is 84.4 cm³/mol. The first kappa shape index (κ1) is 15.5. The molecular weight excluding hydrogens is 312 g/mol. The van der Waals surface area contributed by atoms with Crippen LogP contribution in [0.2, 0.25) is 5.02 Å². The number of hydrogen-bond donors (Lipinski definition) is 2. The number of rotatable bonds is 4. The molecule has 21 heavy (non-hydrogen) atoms. The largest absolute Gasteiger partial charge is 0.495 e. The average molecular weight is 327 g/mol. The summed E-state index contributed by atoms with van der Waals surface area (Å²) >= 11 is 5.99. The van der Waals surface area contributed by atoms with Crippen molar-refractivity contribution in [3.8, 4) is 5.75 Å². The van der Waals surface area contributed by atoms with Crippen LogP contribution < -0.4 is 15.2 Å². The quantitative estimate of drug-likeness (QED) is 0.846. The van der Waals surface area contributed by atoms with Gasteiger partial charge in [0.05, 0.1) is 12.8 Å². The molecule has 7 heteroatoms. The first-order chi connectivity index (χ1) is 9.85. The van der Waals surface area contributed by atoms with E-state index in [1.165, 1.54) is 19.2 Å². The average Bonchev–Trinajstić information content (AvgIpc) is 2.44. The molecule has 0 unspecified atom stereocenters. The molecule has 0 amide bonds. The van der Waals surface area contributed by atoms with E-state index in [2.05, 4.69) is 4.72 Å². The molecule has 0 heterocycles. The number of anilines is 2. The summed E-state index contributed by atoms with van der Waals surface area (Å²) in [5.41, 5.74) is 7.04. The van der Waals surface area contributed by atoms with Crippen molar-refractivity contribution in [2.24, 2.45) is 0 Å². The molecule has 0 saturated heterocycles. The molecular formula is C14H15ClN2O3S. The van der Waals surface area contributed by atoms with Gasteiger partial charge in [0.25, 0.3) is 10.0 Å². The van der Waals surface area contributed by atoms with Crippen LogP contribution in [-0.2, 0) is 10.0 Å². The van der Waals surface area contributed by atoms with E-state index >= 15 is 0 Å². The molecule has 0 aliphatic carbocycles. The molecule has 0 bridgehead atoms. The fourth-order valence-corrected chi connectivity index (χ4v) is 3.32. The van der Waals surface area contributed by atoms with Gasteiger partial charge in [-0.05, 0) is 42.8 Å². The van der Waals surface area contributed by atoms with Crippen LogP contribution in [0.25, 0.3) is 0 Å². The molecule has 0 aliphatic rings. The summed E-state index contributed by atoms with van der Waals surface area (Å²) in [6.07, 6.45) is 0. The number of ether oxygens (including phenoxy) is 1. The Morgan fingerprint density at radius 2 is 1.95 bits per heavy atom. The third-order valence-corrected chi connectivity index (χ3v) is 4.79. The molecule has 0 fully saturated rings. The van der Waals surface area contributed by atoms with Gasteiger partial charge in [0.2, 0.25) is 0 Å². The Morgan fingerprint density at radius 3 is 2.62 bits per heavy atom. The first-order valence-electron chi connectivity index (χ1n) is 6.06. The monoisotopic (exact) mass is 326 g/mol. The predicted octanol–water partition coefficient (Wildman–Crippen LogP) is 3.04. The van der Waals surface area contributed by atoms with Crippen molar-refractivity contribution >= 4 is 33.0 Å². The maximum absolute atomic E-state index is 12.5. The highest BCUT2D eigenvalue weighted by Crippen LogP contribution is 2.30. The minimum Gasteiger partial charge on any atom is -0.495 e. The molecule has 2 aromatic rings. The van der Waals surface area contributed by atoms with Crippen molar-refractivity contribution in [1.82, 2.24) is 0 Å². The van der Waals surface area contributed by atoms with Gasteiger partial charge in [0.15, 0.2) is 0 Å². The maximum Gasteiger partial charge on any atom is 0.265 e. The number of methoxy groups -OCH3 is 1. The van der Waals surface area contributed by atoms with Gasteiger partial charge in [-0.15, -0.1) is 0 Å². The van der Waals surface area contributed by atoms with Gasteiger partial charge in [-0.2, -0.15) is 0 Å². The second-order valence-corrected chi connectivity index (χ2v) is 6.49. The van der Waals surface area contributed by atoms with Crippen LogP contribution in [0.15, 0.2) is 41.3 Å². The molecule has 2 aromatic carbocycles. The molecule has 3 N–H and O–H groups in total. The van der Waals surface area contributed by atoms with Crippen LogP contribution in [-0.4, -0.2) is 15.5 Å². The van der Waals surface area contributed by atoms with Crippen LogP contribution in [0.3, 0.4) is 0 Å². The third-order valence-electron chi connectivity index (χ3n) is 2.99. The van der Waals surface area contributed by atoms with Crippen molar-refractivity contribution in [2.45, 2.75) is 11.8 Å². The summed E-state index contributed by atoms with van der Waals surface area (Å²) in [5, 5.41) is 0.481. The van der Waals surface area contributed by atoms with Crippen LogP contribution >= 0.6 is 11.6 Å². The Kier molecular flexibility index (Phi) is 4.29. The minimum atomic E-state index is -3.83. The topological polar surface area (TPSA) is 81.4 Å². The lowest BCUT2D eigenvalue weighted by Gasteiger charge is -2.14. The zero-order valence-electron chi connectivity index (χ0n) is 11.6. The lowest BCUT2D eigenvalue weighted by Crippen LogP contribution is -2.15. The summed E-state index contributed by atoms with van der Waals surface area (Å²) in [6, 6.07) is 9.43. The van der Waals surface area contributed by atoms with Gasteiger partial charge in [0.1, 0.15) is 10.6 Å². The van der Waals surface area contributed by atoms with Gasteiger partial charge in [0, 0.05) is 10.7 Å². The van der Waals surface area contributed by atoms with Crippen LogP contribution in [0, 0.1) is 6.92 Å². The zero-order chi connectivity index (χ0) is 15.6. The highest BCUT2D eigenvalue weighted by molar-refractivity contribution is 7.92. The molecule has 0 atom stereocenters. The molecule has 5 nitrogen and oxygen atoms in total. The van der Waals surface area contributed by atoms with E-state index < -0.39 is 10.0 Å². The van der Waals surface area contributed by atoms with E-state index in [0.717, 1.165) is 0 Å². The number of halogens is 1. The Balaban J connectivity index is 2.48. The fraction of sp³-hybridized carbons (Fsp3) is 0.143. The van der Waals surface area contributed by atoms with Crippen LogP contribution in [0.5, 0.6) is 5.75 Å². The number of nitrogens with two attached hydrogens (primary N) is 1. The van der Waals surface area contributed by atoms with Gasteiger partial charge in [-0.1, -0.05) is 17.7 Å². The Labute approximate surface area is 128 Å². The van der Waals surface area contributed by atoms with Gasteiger partial charge < -0.3 is 10.5 Å². The molecule has 0 spiro atoms. The number of sulfonamides is 1. The van der Waals surface area contributed by atoms with Crippen molar-refractivity contribution in [3.05, 3.63) is 47.0 Å². The Bertz CT molecular complexity index is 776. The van der Waals surface area contributed by atoms with E-state index in [4.69, 9.17) is 22.1 Å². The van der Waals surface area contributed by atoms with Gasteiger partial charge in [-0.3, -0.25) is 4.72 Å². The lowest BCUT2D eigenvalue weighted by molar-refractivity contribution is 0.403. The Hall–Kier alpha value is -1.92. The number of nitrogens with one attached hydrogen (secondary N) is 1. The zero-order valence-corrected chi connectivity index (χ0v) is 13.1. The summed E-state index contributed by atoms with van der Waals surface area (Å²) in [4.78, 5) is -0.0237. The van der Waals surface area contributed by atoms with Crippen LogP contribution in [0.1, 0.15) is 5.56 Å². The first-order valence-corrected chi connectivity index (χ1v) is 7.92. The summed E-state index contributed by atoms with van der Waals surface area (Å²) in [5.74, 6) is 0.219. The summed E-state index contributed by atoms with van der Waals surface area (Å²) in [6.45, 7) is 1.73. The maximum atomic E-state index is 12.5. The van der Waals surface area contributed by atoms with Crippen molar-refractivity contribution in [3.63, 3.8) is 0 Å². The van der Waals surface area contributed by atoms with E-state index in [0.29, 0.717) is 22.0 Å². The second-order valence-electron chi connectivity index (χ2n) is 4.43. The van der Waals surface area contributed by atoms with E-state index in [1.54, 1.807) is 31.2 Å². The molecule has 0 aliphatic heterocycles. The SMILES string of the molecule is COc1ccc(N)cc1S(=O)(=O)Nc1cccc(Cl)c1C. The second kappa shape index (κ2) is 5.83. The van der Waals surface area contributed by atoms with E-state index in [-0.39, 0.29) is 10.6 Å². The van der Waals surface area contributed by atoms with Crippen molar-refractivity contribution < 1.29 is 13.2 Å². The normalized spacial score (nSPS) is 11.2. The molecule has 112 valence electrons. The van der Waals surface area contributed by atoms with Crippen molar-refractivity contribution in [1.29, 1.82) is 0 Å². The van der Waals surface area contributed by atoms with Gasteiger partial charge >= 0.3 is 0 Å². The smallest absolute Gasteiger partial charge is 0.265 e. The molecule has 0 aromatic heterocycles. The van der Waals surface area contributed by atoms with Crippen molar-refractivity contribution in [2.75, 3.05) is 17.6 Å². The number of benzene rings is 2. The standard InChI is InChI=1S/C14H15ClN2O3S/c1-9-11(15)4-3-5-12(9)17-21(18,19)14-8-10(16)6-7-13(14)20-2/h3-8,17H,16H2,1-2H3. The Morgan fingerprint density at radius 1 is 1.24 bits per heavy atom. The third kappa shape index (κ3) is 3.22. The van der Waals surface area contributed by atoms with E-state index in [9.17, 15) is 8.42 Å². The number of hydrogen-bond acceptors (Lipinski definition) is 4. The minimum absolute atomic E-state index is 0.0237.